The van der Waals surface area contributed by atoms with Crippen molar-refractivity contribution in [3.63, 3.8) is 0 Å². The van der Waals surface area contributed by atoms with Crippen LogP contribution in [-0.4, -0.2) is 53.4 Å². The molecule has 0 aliphatic carbocycles. The number of nitrogens with zero attached hydrogens (tertiary/aromatic N) is 2. The summed E-state index contributed by atoms with van der Waals surface area (Å²) in [6, 6.07) is 3.79. The van der Waals surface area contributed by atoms with Crippen molar-refractivity contribution in [2.45, 2.75) is 6.04 Å². The number of anilines is 1. The number of rotatable bonds is 2. The molecule has 1 aromatic rings. The molecule has 7 nitrogen and oxygen atoms in total. The molecule has 116 valence electrons. The highest BCUT2D eigenvalue weighted by molar-refractivity contribution is 6.42. The second-order valence-corrected chi connectivity index (χ2v) is 5.85. The summed E-state index contributed by atoms with van der Waals surface area (Å²) in [6.45, 7) is 0.642. The Labute approximate surface area is 136 Å². The standard InChI is InChI=1S/C13H12Cl2N4O3/c14-9-2-1-7(3-10(9)15)17-13(22)18-5-8(6-18)19-11(20)4-16-12(19)21/h1-3,8H,4-6H2,(H,16,21)(H,17,22). The van der Waals surface area contributed by atoms with E-state index in [2.05, 4.69) is 10.6 Å². The third kappa shape index (κ3) is 2.69. The van der Waals surface area contributed by atoms with Gasteiger partial charge in [0.15, 0.2) is 0 Å². The zero-order chi connectivity index (χ0) is 15.9. The summed E-state index contributed by atoms with van der Waals surface area (Å²) < 4.78 is 0. The van der Waals surface area contributed by atoms with Crippen LogP contribution in [0.25, 0.3) is 0 Å². The highest BCUT2D eigenvalue weighted by Crippen LogP contribution is 2.26. The van der Waals surface area contributed by atoms with Gasteiger partial charge in [0.05, 0.1) is 22.6 Å². The molecule has 3 rings (SSSR count). The van der Waals surface area contributed by atoms with Gasteiger partial charge in [0.1, 0.15) is 0 Å². The molecule has 2 heterocycles. The Hall–Kier alpha value is -1.99. The second kappa shape index (κ2) is 5.66. The number of carbonyl (C=O) groups excluding carboxylic acids is 3. The van der Waals surface area contributed by atoms with E-state index in [0.29, 0.717) is 28.8 Å². The molecule has 0 bridgehead atoms. The van der Waals surface area contributed by atoms with E-state index in [1.165, 1.54) is 9.80 Å². The third-order valence-electron chi connectivity index (χ3n) is 3.56. The second-order valence-electron chi connectivity index (χ2n) is 5.04. The number of hydrogen-bond acceptors (Lipinski definition) is 3. The van der Waals surface area contributed by atoms with Crippen LogP contribution in [0.2, 0.25) is 10.0 Å². The minimum absolute atomic E-state index is 0.0187. The van der Waals surface area contributed by atoms with Crippen molar-refractivity contribution in [2.24, 2.45) is 0 Å². The van der Waals surface area contributed by atoms with Crippen LogP contribution in [0.3, 0.4) is 0 Å². The van der Waals surface area contributed by atoms with Crippen LogP contribution in [0.5, 0.6) is 0 Å². The maximum absolute atomic E-state index is 12.0. The van der Waals surface area contributed by atoms with Gasteiger partial charge >= 0.3 is 12.1 Å². The van der Waals surface area contributed by atoms with Gasteiger partial charge in [0.2, 0.25) is 5.91 Å². The molecule has 9 heteroatoms. The zero-order valence-corrected chi connectivity index (χ0v) is 12.8. The van der Waals surface area contributed by atoms with E-state index in [0.717, 1.165) is 0 Å². The van der Waals surface area contributed by atoms with Crippen molar-refractivity contribution in [1.82, 2.24) is 15.1 Å². The predicted octanol–water partition coefficient (Wildman–Crippen LogP) is 1.76. The van der Waals surface area contributed by atoms with Crippen molar-refractivity contribution in [3.05, 3.63) is 28.2 Å². The lowest BCUT2D eigenvalue weighted by Crippen LogP contribution is -2.63. The van der Waals surface area contributed by atoms with Crippen molar-refractivity contribution < 1.29 is 14.4 Å². The smallest absolute Gasteiger partial charge is 0.324 e. The first kappa shape index (κ1) is 14.9. The third-order valence-corrected chi connectivity index (χ3v) is 4.30. The van der Waals surface area contributed by atoms with Crippen LogP contribution in [0, 0.1) is 0 Å². The molecule has 0 radical (unpaired) electrons. The lowest BCUT2D eigenvalue weighted by molar-refractivity contribution is -0.128. The van der Waals surface area contributed by atoms with Crippen LogP contribution in [0.1, 0.15) is 0 Å². The molecule has 0 aromatic heterocycles. The molecule has 0 spiro atoms. The van der Waals surface area contributed by atoms with Gasteiger partial charge in [0.25, 0.3) is 0 Å². The van der Waals surface area contributed by atoms with E-state index in [1.54, 1.807) is 18.2 Å². The van der Waals surface area contributed by atoms with Crippen LogP contribution >= 0.6 is 23.2 Å². The number of imide groups is 1. The van der Waals surface area contributed by atoms with E-state index in [4.69, 9.17) is 23.2 Å². The molecule has 2 saturated heterocycles. The molecular weight excluding hydrogens is 331 g/mol. The Kier molecular flexibility index (Phi) is 3.84. The summed E-state index contributed by atoms with van der Waals surface area (Å²) >= 11 is 11.7. The molecule has 2 fully saturated rings. The Morgan fingerprint density at radius 2 is 1.95 bits per heavy atom. The molecule has 2 aliphatic heterocycles. The van der Waals surface area contributed by atoms with Crippen molar-refractivity contribution in [1.29, 1.82) is 0 Å². The summed E-state index contributed by atoms with van der Waals surface area (Å²) in [6.07, 6.45) is 0. The van der Waals surface area contributed by atoms with Crippen molar-refractivity contribution >= 4 is 46.9 Å². The topological polar surface area (TPSA) is 81.8 Å². The number of amides is 5. The van der Waals surface area contributed by atoms with E-state index in [-0.39, 0.29) is 24.5 Å². The predicted molar refractivity (Wildman–Crippen MR) is 81.1 cm³/mol. The molecule has 1 aromatic carbocycles. The summed E-state index contributed by atoms with van der Waals surface area (Å²) in [4.78, 5) is 37.8. The van der Waals surface area contributed by atoms with Gasteiger partial charge in [-0.05, 0) is 18.2 Å². The monoisotopic (exact) mass is 342 g/mol. The lowest BCUT2D eigenvalue weighted by Gasteiger charge is -2.42. The number of likely N-dealkylation sites (tertiary alicyclic amines) is 1. The molecule has 5 amide bonds. The van der Waals surface area contributed by atoms with E-state index < -0.39 is 6.03 Å². The number of halogens is 2. The summed E-state index contributed by atoms with van der Waals surface area (Å²) in [7, 11) is 0. The first-order valence-corrected chi connectivity index (χ1v) is 7.32. The first-order valence-electron chi connectivity index (χ1n) is 6.56. The van der Waals surface area contributed by atoms with Gasteiger partial charge < -0.3 is 15.5 Å². The van der Waals surface area contributed by atoms with Gasteiger partial charge in [-0.25, -0.2) is 9.59 Å². The fourth-order valence-corrected chi connectivity index (χ4v) is 2.66. The average molecular weight is 343 g/mol. The number of nitrogens with one attached hydrogen (secondary N) is 2. The van der Waals surface area contributed by atoms with Crippen molar-refractivity contribution in [3.8, 4) is 0 Å². The average Bonchev–Trinajstić information content (AvgIpc) is 2.73. The quantitative estimate of drug-likeness (QED) is 0.803. The van der Waals surface area contributed by atoms with Crippen LogP contribution < -0.4 is 10.6 Å². The molecule has 0 saturated carbocycles. The van der Waals surface area contributed by atoms with E-state index in [9.17, 15) is 14.4 Å². The Morgan fingerprint density at radius 3 is 2.55 bits per heavy atom. The van der Waals surface area contributed by atoms with Gasteiger partial charge in [-0.2, -0.15) is 0 Å². The highest BCUT2D eigenvalue weighted by atomic mass is 35.5. The number of carbonyl (C=O) groups is 3. The molecular formula is C13H12Cl2N4O3. The summed E-state index contributed by atoms with van der Waals surface area (Å²) in [5.74, 6) is -0.264. The number of urea groups is 2. The SMILES string of the molecule is O=C(Nc1ccc(Cl)c(Cl)c1)N1CC(N2C(=O)CNC2=O)C1. The largest absolute Gasteiger partial charge is 0.329 e. The minimum atomic E-state index is -0.403. The fourth-order valence-electron chi connectivity index (χ4n) is 2.37. The Balaban J connectivity index is 1.56. The summed E-state index contributed by atoms with van der Waals surface area (Å²) in [5, 5.41) is 5.89. The maximum Gasteiger partial charge on any atom is 0.324 e. The van der Waals surface area contributed by atoms with Crippen LogP contribution in [-0.2, 0) is 4.79 Å². The van der Waals surface area contributed by atoms with E-state index in [1.807, 2.05) is 0 Å². The minimum Gasteiger partial charge on any atom is -0.329 e. The summed E-state index contributed by atoms with van der Waals surface area (Å²) in [5.41, 5.74) is 0.526. The van der Waals surface area contributed by atoms with Gasteiger partial charge in [-0.15, -0.1) is 0 Å². The highest BCUT2D eigenvalue weighted by Gasteiger charge is 2.42. The fraction of sp³-hybridized carbons (Fsp3) is 0.308. The van der Waals surface area contributed by atoms with E-state index >= 15 is 0 Å². The Morgan fingerprint density at radius 1 is 1.23 bits per heavy atom. The van der Waals surface area contributed by atoms with Gasteiger partial charge in [0, 0.05) is 18.8 Å². The van der Waals surface area contributed by atoms with Gasteiger partial charge in [-0.3, -0.25) is 9.69 Å². The lowest BCUT2D eigenvalue weighted by atomic mass is 10.1. The molecule has 2 N–H and O–H groups in total. The molecule has 22 heavy (non-hydrogen) atoms. The number of benzene rings is 1. The Bertz CT molecular complexity index is 645. The molecule has 0 atom stereocenters. The normalized spacial score (nSPS) is 18.3. The first-order chi connectivity index (χ1) is 10.5. The van der Waals surface area contributed by atoms with Crippen LogP contribution in [0.4, 0.5) is 15.3 Å². The van der Waals surface area contributed by atoms with Crippen molar-refractivity contribution in [2.75, 3.05) is 25.0 Å². The number of hydrogen-bond donors (Lipinski definition) is 2. The van der Waals surface area contributed by atoms with Crippen LogP contribution in [0.15, 0.2) is 18.2 Å². The maximum atomic E-state index is 12.0. The zero-order valence-electron chi connectivity index (χ0n) is 11.3. The molecule has 0 unspecified atom stereocenters. The molecule has 2 aliphatic rings. The van der Waals surface area contributed by atoms with Gasteiger partial charge in [-0.1, -0.05) is 23.2 Å².